The number of nitrogens with zero attached hydrogens (tertiary/aromatic N) is 5. The average Bonchev–Trinajstić information content (AvgIpc) is 3.31. The van der Waals surface area contributed by atoms with E-state index in [0.717, 1.165) is 68.2 Å². The Morgan fingerprint density at radius 1 is 1.17 bits per heavy atom. The van der Waals surface area contributed by atoms with Crippen LogP contribution < -0.4 is 10.6 Å². The lowest BCUT2D eigenvalue weighted by molar-refractivity contribution is 0.0179. The molecule has 0 spiro atoms. The second kappa shape index (κ2) is 11.5. The highest BCUT2D eigenvalue weighted by atomic mass is 127. The number of aromatic nitrogens is 1. The van der Waals surface area contributed by atoms with E-state index in [1.807, 2.05) is 29.8 Å². The number of guanidine groups is 1. The number of benzene rings is 1. The van der Waals surface area contributed by atoms with Crippen molar-refractivity contribution in [3.8, 4) is 0 Å². The number of anilines is 1. The molecule has 0 saturated carbocycles. The second-order valence-electron chi connectivity index (χ2n) is 7.17. The lowest BCUT2D eigenvalue weighted by Gasteiger charge is -2.36. The summed E-state index contributed by atoms with van der Waals surface area (Å²) in [5.74, 6) is 0.606. The van der Waals surface area contributed by atoms with Crippen LogP contribution in [0.4, 0.5) is 5.13 Å². The molecule has 30 heavy (non-hydrogen) atoms. The maximum absolute atomic E-state index is 6.51. The van der Waals surface area contributed by atoms with E-state index in [4.69, 9.17) is 27.1 Å². The van der Waals surface area contributed by atoms with Gasteiger partial charge in [-0.3, -0.25) is 9.89 Å². The Morgan fingerprint density at radius 3 is 2.57 bits per heavy atom. The molecule has 0 amide bonds. The number of aliphatic imine (C=N–C) groups is 1. The van der Waals surface area contributed by atoms with Crippen LogP contribution in [0.3, 0.4) is 0 Å². The zero-order chi connectivity index (χ0) is 20.1. The van der Waals surface area contributed by atoms with E-state index in [2.05, 4.69) is 25.8 Å². The molecule has 2 aromatic rings. The van der Waals surface area contributed by atoms with Gasteiger partial charge in [0.2, 0.25) is 0 Å². The first kappa shape index (κ1) is 23.5. The highest BCUT2D eigenvalue weighted by Gasteiger charge is 2.25. The molecule has 7 nitrogen and oxygen atoms in total. The normalized spacial score (nSPS) is 19.4. The van der Waals surface area contributed by atoms with Gasteiger partial charge in [0.05, 0.1) is 25.8 Å². The molecule has 2 aliphatic rings. The molecule has 164 valence electrons. The van der Waals surface area contributed by atoms with Gasteiger partial charge in [-0.2, -0.15) is 0 Å². The van der Waals surface area contributed by atoms with Crippen LogP contribution in [-0.2, 0) is 4.74 Å². The van der Waals surface area contributed by atoms with Gasteiger partial charge < -0.3 is 20.3 Å². The quantitative estimate of drug-likeness (QED) is 0.343. The monoisotopic (exact) mass is 562 g/mol. The zero-order valence-corrected chi connectivity index (χ0v) is 20.7. The number of hydrogen-bond acceptors (Lipinski definition) is 6. The average molecular weight is 563 g/mol. The van der Waals surface area contributed by atoms with Crippen molar-refractivity contribution in [1.82, 2.24) is 14.8 Å². The SMILES string of the molecule is I.NC(=NCC(c1ccccc1Cl)N1CCOCC1)N1CCN(c2nccs2)CC1. The summed E-state index contributed by atoms with van der Waals surface area (Å²) >= 11 is 8.18. The Hall–Kier alpha value is -1.14. The summed E-state index contributed by atoms with van der Waals surface area (Å²) in [6.07, 6.45) is 1.85. The van der Waals surface area contributed by atoms with Crippen LogP contribution in [0, 0.1) is 0 Å². The lowest BCUT2D eigenvalue weighted by Crippen LogP contribution is -2.51. The Kier molecular flexibility index (Phi) is 8.99. The molecule has 2 aliphatic heterocycles. The van der Waals surface area contributed by atoms with Crippen molar-refractivity contribution < 1.29 is 4.74 Å². The first-order valence-electron chi connectivity index (χ1n) is 9.98. The number of nitrogens with two attached hydrogens (primary N) is 1. The van der Waals surface area contributed by atoms with Gasteiger partial charge in [0.1, 0.15) is 0 Å². The van der Waals surface area contributed by atoms with Crippen molar-refractivity contribution >= 4 is 58.0 Å². The minimum atomic E-state index is 0. The van der Waals surface area contributed by atoms with E-state index in [1.54, 1.807) is 11.3 Å². The number of piperazine rings is 1. The highest BCUT2D eigenvalue weighted by molar-refractivity contribution is 14.0. The Morgan fingerprint density at radius 2 is 1.90 bits per heavy atom. The molecule has 3 heterocycles. The summed E-state index contributed by atoms with van der Waals surface area (Å²) in [5.41, 5.74) is 7.47. The van der Waals surface area contributed by atoms with E-state index in [9.17, 15) is 0 Å². The van der Waals surface area contributed by atoms with Crippen LogP contribution in [-0.4, -0.2) is 79.8 Å². The minimum absolute atomic E-state index is 0. The van der Waals surface area contributed by atoms with Gasteiger partial charge in [0.25, 0.3) is 0 Å². The van der Waals surface area contributed by atoms with Crippen molar-refractivity contribution in [3.63, 3.8) is 0 Å². The molecule has 0 bridgehead atoms. The van der Waals surface area contributed by atoms with Gasteiger partial charge in [0.15, 0.2) is 11.1 Å². The molecule has 10 heteroatoms. The number of halogens is 2. The topological polar surface area (TPSA) is 70.2 Å². The molecule has 2 N–H and O–H groups in total. The van der Waals surface area contributed by atoms with Crippen LogP contribution in [0.2, 0.25) is 5.02 Å². The Labute approximate surface area is 203 Å². The number of hydrogen-bond donors (Lipinski definition) is 1. The van der Waals surface area contributed by atoms with Crippen LogP contribution in [0.5, 0.6) is 0 Å². The zero-order valence-electron chi connectivity index (χ0n) is 16.8. The molecule has 0 aliphatic carbocycles. The molecule has 1 aromatic heterocycles. The fraction of sp³-hybridized carbons (Fsp3) is 0.500. The second-order valence-corrected chi connectivity index (χ2v) is 8.45. The molecule has 4 rings (SSSR count). The molecule has 2 saturated heterocycles. The molecule has 1 aromatic carbocycles. The van der Waals surface area contributed by atoms with Gasteiger partial charge in [-0.1, -0.05) is 29.8 Å². The molecule has 1 atom stereocenters. The van der Waals surface area contributed by atoms with Gasteiger partial charge in [-0.25, -0.2) is 4.98 Å². The van der Waals surface area contributed by atoms with Crippen LogP contribution in [0.15, 0.2) is 40.8 Å². The molecule has 2 fully saturated rings. The fourth-order valence-corrected chi connectivity index (χ4v) is 4.78. The third-order valence-corrected chi connectivity index (χ3v) is 6.65. The van der Waals surface area contributed by atoms with Crippen molar-refractivity contribution in [2.24, 2.45) is 10.7 Å². The van der Waals surface area contributed by atoms with Crippen LogP contribution in [0.1, 0.15) is 11.6 Å². The van der Waals surface area contributed by atoms with E-state index in [1.165, 1.54) is 0 Å². The summed E-state index contributed by atoms with van der Waals surface area (Å²) < 4.78 is 5.53. The van der Waals surface area contributed by atoms with Gasteiger partial charge in [0, 0.05) is 55.9 Å². The van der Waals surface area contributed by atoms with E-state index in [0.29, 0.717) is 12.5 Å². The van der Waals surface area contributed by atoms with Gasteiger partial charge in [-0.05, 0) is 11.6 Å². The van der Waals surface area contributed by atoms with Gasteiger partial charge >= 0.3 is 0 Å². The van der Waals surface area contributed by atoms with Crippen molar-refractivity contribution in [2.45, 2.75) is 6.04 Å². The van der Waals surface area contributed by atoms with Crippen molar-refractivity contribution in [3.05, 3.63) is 46.4 Å². The van der Waals surface area contributed by atoms with E-state index >= 15 is 0 Å². The van der Waals surface area contributed by atoms with Crippen molar-refractivity contribution in [1.29, 1.82) is 0 Å². The molecular weight excluding hydrogens is 535 g/mol. The standard InChI is InChI=1S/C20H27ClN6OS.HI/c21-17-4-2-1-3-16(17)18(25-10-12-28-13-11-25)15-24-19(22)26-6-8-27(9-7-26)20-23-5-14-29-20;/h1-5,14,18H,6-13,15H2,(H2,22,24);1H. The summed E-state index contributed by atoms with van der Waals surface area (Å²) in [6.45, 7) is 7.31. The van der Waals surface area contributed by atoms with E-state index < -0.39 is 0 Å². The fourth-order valence-electron chi connectivity index (χ4n) is 3.82. The number of ether oxygens (including phenoxy) is 1. The van der Waals surface area contributed by atoms with Crippen LogP contribution >= 0.6 is 46.9 Å². The maximum Gasteiger partial charge on any atom is 0.191 e. The predicted octanol–water partition coefficient (Wildman–Crippen LogP) is 2.92. The summed E-state index contributed by atoms with van der Waals surface area (Å²) in [7, 11) is 0. The molecule has 1 unspecified atom stereocenters. The molecule has 0 radical (unpaired) electrons. The maximum atomic E-state index is 6.51. The third-order valence-electron chi connectivity index (χ3n) is 5.47. The Balaban J connectivity index is 0.00000256. The predicted molar refractivity (Wildman–Crippen MR) is 134 cm³/mol. The number of rotatable bonds is 5. The first-order valence-corrected chi connectivity index (χ1v) is 11.2. The number of thiazole rings is 1. The number of morpholine rings is 1. The largest absolute Gasteiger partial charge is 0.379 e. The van der Waals surface area contributed by atoms with Crippen LogP contribution in [0.25, 0.3) is 0 Å². The Bertz CT molecular complexity index is 809. The first-order chi connectivity index (χ1) is 14.2. The molecular formula is C20H28ClIN6OS. The van der Waals surface area contributed by atoms with Gasteiger partial charge in [-0.15, -0.1) is 35.3 Å². The summed E-state index contributed by atoms with van der Waals surface area (Å²) in [4.78, 5) is 16.0. The lowest BCUT2D eigenvalue weighted by atomic mass is 10.0. The van der Waals surface area contributed by atoms with Crippen molar-refractivity contribution in [2.75, 3.05) is 63.9 Å². The summed E-state index contributed by atoms with van der Waals surface area (Å²) in [6, 6.07) is 8.11. The smallest absolute Gasteiger partial charge is 0.191 e. The third kappa shape index (κ3) is 5.76. The minimum Gasteiger partial charge on any atom is -0.379 e. The summed E-state index contributed by atoms with van der Waals surface area (Å²) in [5, 5.41) is 3.86. The highest BCUT2D eigenvalue weighted by Crippen LogP contribution is 2.28. The van der Waals surface area contributed by atoms with E-state index in [-0.39, 0.29) is 30.0 Å².